The maximum atomic E-state index is 3.80. The van der Waals surface area contributed by atoms with Crippen LogP contribution in [0.15, 0.2) is 24.3 Å². The van der Waals surface area contributed by atoms with Crippen LogP contribution in [0.3, 0.4) is 0 Å². The maximum Gasteiger partial charge on any atom is -0.0196 e. The van der Waals surface area contributed by atoms with Crippen LogP contribution in [0.1, 0.15) is 25.7 Å². The van der Waals surface area contributed by atoms with E-state index in [0.717, 1.165) is 11.8 Å². The smallest absolute Gasteiger partial charge is 0.0196 e. The Hall–Kier alpha value is -0.520. The predicted molar refractivity (Wildman–Crippen MR) is 43.7 cm³/mol. The molecule has 54 valence electrons. The summed E-state index contributed by atoms with van der Waals surface area (Å²) >= 11 is 0. The zero-order chi connectivity index (χ0) is 6.97. The van der Waals surface area contributed by atoms with Gasteiger partial charge in [-0.3, -0.25) is 0 Å². The molecule has 1 fully saturated rings. The minimum atomic E-state index is 0.924. The van der Waals surface area contributed by atoms with Crippen molar-refractivity contribution in [3.8, 4) is 0 Å². The molecule has 0 heterocycles. The van der Waals surface area contributed by atoms with Gasteiger partial charge in [-0.2, -0.15) is 0 Å². The first kappa shape index (κ1) is 6.21. The van der Waals surface area contributed by atoms with Crippen LogP contribution < -0.4 is 0 Å². The van der Waals surface area contributed by atoms with Crippen LogP contribution in [0.4, 0.5) is 0 Å². The molecule has 2 unspecified atom stereocenters. The third kappa shape index (κ3) is 0.828. The van der Waals surface area contributed by atoms with Crippen molar-refractivity contribution in [1.29, 1.82) is 0 Å². The van der Waals surface area contributed by atoms with E-state index in [4.69, 9.17) is 0 Å². The molecule has 1 saturated carbocycles. The number of hydrogen-bond donors (Lipinski definition) is 0. The van der Waals surface area contributed by atoms with E-state index in [1.54, 1.807) is 0 Å². The van der Waals surface area contributed by atoms with Gasteiger partial charge in [-0.25, -0.2) is 0 Å². The predicted octanol–water partition coefficient (Wildman–Crippen LogP) is 2.92. The average Bonchev–Trinajstić information content (AvgIpc) is 2.42. The molecule has 2 atom stereocenters. The van der Waals surface area contributed by atoms with Crippen molar-refractivity contribution < 1.29 is 0 Å². The minimum absolute atomic E-state index is 0.924. The molecule has 0 aromatic rings. The first-order chi connectivity index (χ1) is 4.90. The van der Waals surface area contributed by atoms with Gasteiger partial charge in [-0.1, -0.05) is 30.7 Å². The lowest BCUT2D eigenvalue weighted by molar-refractivity contribution is 0.493. The van der Waals surface area contributed by atoms with Crippen molar-refractivity contribution in [2.24, 2.45) is 11.8 Å². The highest BCUT2D eigenvalue weighted by atomic mass is 14.3. The molecule has 0 radical (unpaired) electrons. The third-order valence-corrected chi connectivity index (χ3v) is 2.91. The van der Waals surface area contributed by atoms with Crippen molar-refractivity contribution in [3.63, 3.8) is 0 Å². The maximum absolute atomic E-state index is 3.80. The molecule has 0 saturated heterocycles. The van der Waals surface area contributed by atoms with Crippen LogP contribution in [-0.4, -0.2) is 0 Å². The van der Waals surface area contributed by atoms with Crippen LogP contribution in [0, 0.1) is 11.8 Å². The Labute approximate surface area is 62.6 Å². The van der Waals surface area contributed by atoms with Crippen molar-refractivity contribution in [2.45, 2.75) is 25.7 Å². The molecule has 2 aliphatic carbocycles. The van der Waals surface area contributed by atoms with Gasteiger partial charge in [0.1, 0.15) is 0 Å². The molecule has 0 bridgehead atoms. The lowest BCUT2D eigenvalue weighted by atomic mass is 10.00. The van der Waals surface area contributed by atoms with E-state index in [-0.39, 0.29) is 0 Å². The second-order valence-electron chi connectivity index (χ2n) is 3.50. The topological polar surface area (TPSA) is 0 Å². The lowest BCUT2D eigenvalue weighted by Crippen LogP contribution is -1.96. The largest absolute Gasteiger partial charge is 0.0988 e. The minimum Gasteiger partial charge on any atom is -0.0988 e. The Morgan fingerprint density at radius 2 is 2.40 bits per heavy atom. The molecule has 0 amide bonds. The van der Waals surface area contributed by atoms with Crippen LogP contribution in [-0.2, 0) is 0 Å². The summed E-state index contributed by atoms with van der Waals surface area (Å²) < 4.78 is 0. The summed E-state index contributed by atoms with van der Waals surface area (Å²) in [6, 6.07) is 0. The van der Waals surface area contributed by atoms with Gasteiger partial charge in [0.25, 0.3) is 0 Å². The first-order valence-corrected chi connectivity index (χ1v) is 4.23. The number of fused-ring (bicyclic) bond motifs is 1. The van der Waals surface area contributed by atoms with Gasteiger partial charge in [0.2, 0.25) is 0 Å². The molecular formula is C10H14. The highest BCUT2D eigenvalue weighted by Crippen LogP contribution is 2.42. The van der Waals surface area contributed by atoms with Crippen LogP contribution in [0.5, 0.6) is 0 Å². The molecule has 0 spiro atoms. The highest BCUT2D eigenvalue weighted by molar-refractivity contribution is 5.24. The van der Waals surface area contributed by atoms with E-state index in [2.05, 4.69) is 12.7 Å². The molecule has 0 aromatic carbocycles. The van der Waals surface area contributed by atoms with Crippen LogP contribution >= 0.6 is 0 Å². The number of allylic oxidation sites excluding steroid dienone is 3. The quantitative estimate of drug-likeness (QED) is 0.517. The molecule has 0 heteroatoms. The van der Waals surface area contributed by atoms with E-state index in [9.17, 15) is 0 Å². The molecule has 0 aromatic heterocycles. The fourth-order valence-corrected chi connectivity index (χ4v) is 2.34. The van der Waals surface area contributed by atoms with Gasteiger partial charge in [0.05, 0.1) is 0 Å². The summed E-state index contributed by atoms with van der Waals surface area (Å²) in [5, 5.41) is 0. The summed E-state index contributed by atoms with van der Waals surface area (Å²) in [6.45, 7) is 3.80. The Balaban J connectivity index is 2.13. The fraction of sp³-hybridized carbons (Fsp3) is 0.600. The van der Waals surface area contributed by atoms with Crippen LogP contribution in [0.2, 0.25) is 0 Å². The molecule has 0 aliphatic heterocycles. The molecule has 0 nitrogen and oxygen atoms in total. The lowest BCUT2D eigenvalue weighted by Gasteiger charge is -2.05. The molecule has 2 aliphatic rings. The van der Waals surface area contributed by atoms with Gasteiger partial charge < -0.3 is 0 Å². The zero-order valence-corrected chi connectivity index (χ0v) is 6.34. The van der Waals surface area contributed by atoms with Gasteiger partial charge in [-0.15, -0.1) is 0 Å². The van der Waals surface area contributed by atoms with Gasteiger partial charge in [0, 0.05) is 0 Å². The standard InChI is InChI=1S/C10H14/c1-2-8-6-9-4-3-5-10(9)7-8/h2,6,9-10H,1,3-5,7H2. The van der Waals surface area contributed by atoms with Crippen molar-refractivity contribution in [3.05, 3.63) is 24.3 Å². The van der Waals surface area contributed by atoms with E-state index >= 15 is 0 Å². The Morgan fingerprint density at radius 3 is 3.10 bits per heavy atom. The fourth-order valence-electron chi connectivity index (χ4n) is 2.34. The number of rotatable bonds is 1. The summed E-state index contributed by atoms with van der Waals surface area (Å²) in [6.07, 6.45) is 10.1. The number of hydrogen-bond acceptors (Lipinski definition) is 0. The molecule has 0 N–H and O–H groups in total. The van der Waals surface area contributed by atoms with Gasteiger partial charge >= 0.3 is 0 Å². The van der Waals surface area contributed by atoms with E-state index in [1.807, 2.05) is 6.08 Å². The second kappa shape index (κ2) is 2.26. The van der Waals surface area contributed by atoms with Gasteiger partial charge in [-0.05, 0) is 31.1 Å². The Bertz CT molecular complexity index is 176. The summed E-state index contributed by atoms with van der Waals surface area (Å²) in [5.74, 6) is 1.92. The first-order valence-electron chi connectivity index (χ1n) is 4.23. The van der Waals surface area contributed by atoms with Crippen LogP contribution in [0.25, 0.3) is 0 Å². The van der Waals surface area contributed by atoms with E-state index < -0.39 is 0 Å². The average molecular weight is 134 g/mol. The normalized spacial score (nSPS) is 37.4. The molecule has 10 heavy (non-hydrogen) atoms. The highest BCUT2D eigenvalue weighted by Gasteiger charge is 2.30. The van der Waals surface area contributed by atoms with E-state index in [1.165, 1.54) is 31.3 Å². The van der Waals surface area contributed by atoms with Crippen molar-refractivity contribution >= 4 is 0 Å². The Kier molecular flexibility index (Phi) is 1.40. The van der Waals surface area contributed by atoms with Gasteiger partial charge in [0.15, 0.2) is 0 Å². The monoisotopic (exact) mass is 134 g/mol. The van der Waals surface area contributed by atoms with Crippen molar-refractivity contribution in [2.75, 3.05) is 0 Å². The Morgan fingerprint density at radius 1 is 1.50 bits per heavy atom. The second-order valence-corrected chi connectivity index (χ2v) is 3.50. The molecule has 2 rings (SSSR count). The summed E-state index contributed by atoms with van der Waals surface area (Å²) in [4.78, 5) is 0. The van der Waals surface area contributed by atoms with Crippen molar-refractivity contribution in [1.82, 2.24) is 0 Å². The SMILES string of the molecule is C=CC1=CC2CCCC2C1. The zero-order valence-electron chi connectivity index (χ0n) is 6.34. The van der Waals surface area contributed by atoms with E-state index in [0.29, 0.717) is 0 Å². The summed E-state index contributed by atoms with van der Waals surface area (Å²) in [5.41, 5.74) is 1.50. The summed E-state index contributed by atoms with van der Waals surface area (Å²) in [7, 11) is 0. The third-order valence-electron chi connectivity index (χ3n) is 2.91. The molecular weight excluding hydrogens is 120 g/mol.